The maximum absolute atomic E-state index is 3.74. The molecule has 1 aromatic carbocycles. The van der Waals surface area contributed by atoms with Crippen LogP contribution in [0.2, 0.25) is 0 Å². The Balaban J connectivity index is 1.78. The molecule has 1 N–H and O–H groups in total. The van der Waals surface area contributed by atoms with Crippen molar-refractivity contribution in [1.29, 1.82) is 0 Å². The summed E-state index contributed by atoms with van der Waals surface area (Å²) in [5.74, 6) is 0. The molecule has 1 saturated carbocycles. The summed E-state index contributed by atoms with van der Waals surface area (Å²) in [6.07, 6.45) is 12.0. The van der Waals surface area contributed by atoms with Crippen molar-refractivity contribution < 1.29 is 0 Å². The third-order valence-electron chi connectivity index (χ3n) is 3.86. The number of hydrogen-bond donors (Lipinski definition) is 1. The minimum absolute atomic E-state index is 0.741. The van der Waals surface area contributed by atoms with Gasteiger partial charge in [0.25, 0.3) is 0 Å². The zero-order chi connectivity index (χ0) is 12.6. The summed E-state index contributed by atoms with van der Waals surface area (Å²) >= 11 is 1.81. The van der Waals surface area contributed by atoms with Gasteiger partial charge in [-0.15, -0.1) is 11.8 Å². The van der Waals surface area contributed by atoms with Crippen LogP contribution in [0.1, 0.15) is 50.5 Å². The first kappa shape index (κ1) is 14.0. The Morgan fingerprint density at radius 3 is 2.22 bits per heavy atom. The molecule has 0 aliphatic heterocycles. The molecule has 1 nitrogen and oxygen atoms in total. The van der Waals surface area contributed by atoms with Crippen LogP contribution in [0.3, 0.4) is 0 Å². The Hall–Kier alpha value is -0.470. The van der Waals surface area contributed by atoms with Gasteiger partial charge in [0, 0.05) is 17.5 Å². The molecular formula is C16H25NS. The second-order valence-electron chi connectivity index (χ2n) is 5.27. The van der Waals surface area contributed by atoms with Gasteiger partial charge < -0.3 is 5.32 Å². The van der Waals surface area contributed by atoms with Crippen molar-refractivity contribution in [1.82, 2.24) is 5.32 Å². The minimum atomic E-state index is 0.741. The molecule has 2 rings (SSSR count). The molecule has 1 aromatic rings. The first-order chi connectivity index (χ1) is 8.88. The molecule has 0 radical (unpaired) electrons. The summed E-state index contributed by atoms with van der Waals surface area (Å²) in [7, 11) is 0. The average Bonchev–Trinajstić information content (AvgIpc) is 2.38. The molecule has 1 aliphatic rings. The number of rotatable bonds is 4. The summed E-state index contributed by atoms with van der Waals surface area (Å²) in [5.41, 5.74) is 1.41. The zero-order valence-corrected chi connectivity index (χ0v) is 12.3. The van der Waals surface area contributed by atoms with Gasteiger partial charge in [-0.3, -0.25) is 0 Å². The first-order valence-electron chi connectivity index (χ1n) is 7.25. The predicted octanol–water partition coefficient (Wildman–Crippen LogP) is 4.61. The van der Waals surface area contributed by atoms with Gasteiger partial charge in [0.1, 0.15) is 0 Å². The predicted molar refractivity (Wildman–Crippen MR) is 81.2 cm³/mol. The molecule has 0 atom stereocenters. The Morgan fingerprint density at radius 1 is 1.00 bits per heavy atom. The largest absolute Gasteiger partial charge is 0.310 e. The number of nitrogens with one attached hydrogen (secondary N) is 1. The molecule has 2 heteroatoms. The SMILES string of the molecule is CSc1ccc(CNC2CCCCCCC2)cc1. The lowest BCUT2D eigenvalue weighted by Crippen LogP contribution is -2.29. The zero-order valence-electron chi connectivity index (χ0n) is 11.5. The van der Waals surface area contributed by atoms with E-state index >= 15 is 0 Å². The van der Waals surface area contributed by atoms with Crippen LogP contribution >= 0.6 is 11.8 Å². The van der Waals surface area contributed by atoms with E-state index in [9.17, 15) is 0 Å². The van der Waals surface area contributed by atoms with Gasteiger partial charge in [-0.05, 0) is 36.8 Å². The van der Waals surface area contributed by atoms with Crippen molar-refractivity contribution in [3.05, 3.63) is 29.8 Å². The summed E-state index contributed by atoms with van der Waals surface area (Å²) in [6, 6.07) is 9.69. The molecule has 0 heterocycles. The van der Waals surface area contributed by atoms with Gasteiger partial charge in [-0.2, -0.15) is 0 Å². The number of thioether (sulfide) groups is 1. The van der Waals surface area contributed by atoms with Crippen LogP contribution in [0.25, 0.3) is 0 Å². The van der Waals surface area contributed by atoms with Crippen molar-refractivity contribution in [2.75, 3.05) is 6.26 Å². The Labute approximate surface area is 116 Å². The summed E-state index contributed by atoms with van der Waals surface area (Å²) in [5, 5.41) is 3.74. The Bertz CT molecular complexity index is 325. The molecule has 18 heavy (non-hydrogen) atoms. The van der Waals surface area contributed by atoms with Gasteiger partial charge in [0.15, 0.2) is 0 Å². The molecule has 0 spiro atoms. The highest BCUT2D eigenvalue weighted by Gasteiger charge is 2.10. The van der Waals surface area contributed by atoms with E-state index in [-0.39, 0.29) is 0 Å². The smallest absolute Gasteiger partial charge is 0.0208 e. The minimum Gasteiger partial charge on any atom is -0.310 e. The maximum atomic E-state index is 3.74. The van der Waals surface area contributed by atoms with Crippen molar-refractivity contribution in [2.24, 2.45) is 0 Å². The molecule has 0 amide bonds. The summed E-state index contributed by atoms with van der Waals surface area (Å²) < 4.78 is 0. The molecule has 0 saturated heterocycles. The Morgan fingerprint density at radius 2 is 1.61 bits per heavy atom. The normalized spacial score (nSPS) is 18.3. The monoisotopic (exact) mass is 263 g/mol. The first-order valence-corrected chi connectivity index (χ1v) is 8.47. The van der Waals surface area contributed by atoms with Crippen molar-refractivity contribution >= 4 is 11.8 Å². The van der Waals surface area contributed by atoms with E-state index in [0.29, 0.717) is 0 Å². The molecule has 1 fully saturated rings. The standard InChI is InChI=1S/C16H25NS/c1-18-16-11-9-14(10-12-16)13-17-15-7-5-3-2-4-6-8-15/h9-12,15,17H,2-8,13H2,1H3. The van der Waals surface area contributed by atoms with Crippen molar-refractivity contribution in [3.63, 3.8) is 0 Å². The van der Waals surface area contributed by atoms with Crippen LogP contribution in [0.15, 0.2) is 29.2 Å². The molecule has 1 aliphatic carbocycles. The fourth-order valence-electron chi connectivity index (χ4n) is 2.67. The fraction of sp³-hybridized carbons (Fsp3) is 0.625. The van der Waals surface area contributed by atoms with Gasteiger partial charge >= 0.3 is 0 Å². The fourth-order valence-corrected chi connectivity index (χ4v) is 3.07. The molecular weight excluding hydrogens is 238 g/mol. The van der Waals surface area contributed by atoms with E-state index in [4.69, 9.17) is 0 Å². The van der Waals surface area contributed by atoms with Gasteiger partial charge in [-0.1, -0.05) is 44.2 Å². The third kappa shape index (κ3) is 4.66. The second kappa shape index (κ2) is 7.85. The third-order valence-corrected chi connectivity index (χ3v) is 4.60. The molecule has 0 aromatic heterocycles. The Kier molecular flexibility index (Phi) is 6.09. The van der Waals surface area contributed by atoms with Crippen molar-refractivity contribution in [3.8, 4) is 0 Å². The van der Waals surface area contributed by atoms with Gasteiger partial charge in [0.2, 0.25) is 0 Å². The lowest BCUT2D eigenvalue weighted by atomic mass is 9.96. The van der Waals surface area contributed by atoms with E-state index in [2.05, 4.69) is 35.8 Å². The van der Waals surface area contributed by atoms with E-state index in [0.717, 1.165) is 12.6 Å². The van der Waals surface area contributed by atoms with Gasteiger partial charge in [0.05, 0.1) is 0 Å². The highest BCUT2D eigenvalue weighted by molar-refractivity contribution is 7.98. The highest BCUT2D eigenvalue weighted by Crippen LogP contribution is 2.18. The van der Waals surface area contributed by atoms with Crippen LogP contribution in [-0.4, -0.2) is 12.3 Å². The van der Waals surface area contributed by atoms with Crippen LogP contribution in [0, 0.1) is 0 Å². The number of benzene rings is 1. The highest BCUT2D eigenvalue weighted by atomic mass is 32.2. The molecule has 0 bridgehead atoms. The molecule has 100 valence electrons. The summed E-state index contributed by atoms with van der Waals surface area (Å²) in [4.78, 5) is 1.35. The maximum Gasteiger partial charge on any atom is 0.0208 e. The quantitative estimate of drug-likeness (QED) is 0.796. The average molecular weight is 263 g/mol. The van der Waals surface area contributed by atoms with E-state index in [1.165, 1.54) is 55.4 Å². The van der Waals surface area contributed by atoms with Crippen LogP contribution in [0.5, 0.6) is 0 Å². The van der Waals surface area contributed by atoms with Crippen molar-refractivity contribution in [2.45, 2.75) is 62.4 Å². The van der Waals surface area contributed by atoms with Crippen LogP contribution < -0.4 is 5.32 Å². The van der Waals surface area contributed by atoms with Gasteiger partial charge in [-0.25, -0.2) is 0 Å². The summed E-state index contributed by atoms with van der Waals surface area (Å²) in [6.45, 7) is 1.03. The molecule has 0 unspecified atom stereocenters. The van der Waals surface area contributed by atoms with E-state index in [1.807, 2.05) is 11.8 Å². The second-order valence-corrected chi connectivity index (χ2v) is 6.15. The van der Waals surface area contributed by atoms with E-state index < -0.39 is 0 Å². The lowest BCUT2D eigenvalue weighted by Gasteiger charge is -2.21. The number of hydrogen-bond acceptors (Lipinski definition) is 2. The van der Waals surface area contributed by atoms with Crippen LogP contribution in [-0.2, 0) is 6.54 Å². The van der Waals surface area contributed by atoms with E-state index in [1.54, 1.807) is 0 Å². The topological polar surface area (TPSA) is 12.0 Å². The van der Waals surface area contributed by atoms with Crippen LogP contribution in [0.4, 0.5) is 0 Å². The lowest BCUT2D eigenvalue weighted by molar-refractivity contribution is 0.389.